The predicted octanol–water partition coefficient (Wildman–Crippen LogP) is 17.4. The van der Waals surface area contributed by atoms with Crippen molar-refractivity contribution in [2.24, 2.45) is 182 Å². The molecule has 13 heteroatoms. The summed E-state index contributed by atoms with van der Waals surface area (Å²) in [5.41, 5.74) is 1.72. The second-order valence-corrected chi connectivity index (χ2v) is 41.4. The molecule has 13 nitrogen and oxygen atoms in total. The van der Waals surface area contributed by atoms with E-state index in [0.717, 1.165) is 164 Å². The van der Waals surface area contributed by atoms with Crippen molar-refractivity contribution < 1.29 is 60.6 Å². The van der Waals surface area contributed by atoms with Crippen LogP contribution in [0, 0.1) is 189 Å². The monoisotopic (exact) mass is 1590 g/mol. The number of allylic oxidation sites excluding steroid dienone is 17. The summed E-state index contributed by atoms with van der Waals surface area (Å²) in [6.07, 6.45) is 83.0. The summed E-state index contributed by atoms with van der Waals surface area (Å²) in [6, 6.07) is 9.91. The molecular weight excluding hydrogens is 1440 g/mol. The van der Waals surface area contributed by atoms with Crippen molar-refractivity contribution in [1.29, 1.82) is 0 Å². The minimum absolute atomic E-state index is 0.00111. The number of nitrogens with zero attached hydrogens (tertiary/aromatic N) is 1. The summed E-state index contributed by atoms with van der Waals surface area (Å²) in [5.74, 6) is 19.3. The number of aliphatic hydroxyl groups is 10. The fourth-order valence-electron chi connectivity index (χ4n) is 29.2. The summed E-state index contributed by atoms with van der Waals surface area (Å²) in [5, 5.41) is 94.7. The Morgan fingerprint density at radius 1 is 0.440 bits per heavy atom. The van der Waals surface area contributed by atoms with E-state index < -0.39 is 0 Å². The van der Waals surface area contributed by atoms with Crippen LogP contribution in [0.1, 0.15) is 218 Å². The zero-order chi connectivity index (χ0) is 80.4. The number of hydrogen-bond acceptors (Lipinski definition) is 12. The van der Waals surface area contributed by atoms with E-state index in [-0.39, 0.29) is 79.8 Å². The molecule has 14 fully saturated rings. The average molecular weight is 1590 g/mol. The number of fused-ring (bicyclic) bond motifs is 28. The zero-order valence-corrected chi connectivity index (χ0v) is 69.8. The minimum Gasteiger partial charge on any atom is -0.463 e. The molecule has 2 spiro atoms. The molecule has 0 amide bonds. The Labute approximate surface area is 695 Å². The summed E-state index contributed by atoms with van der Waals surface area (Å²) in [6.45, 7) is 9.76. The predicted molar refractivity (Wildman–Crippen MR) is 456 cm³/mol. The molecule has 10 N–H and O–H groups in total. The van der Waals surface area contributed by atoms with Gasteiger partial charge in [-0.1, -0.05) is 184 Å². The maximum atomic E-state index is 11.4. The van der Waals surface area contributed by atoms with Gasteiger partial charge in [0.25, 0.3) is 6.04 Å². The molecule has 1 aromatic carbocycles. The quantitative estimate of drug-likeness (QED) is 0.0599. The van der Waals surface area contributed by atoms with E-state index in [1.165, 1.54) is 135 Å². The van der Waals surface area contributed by atoms with Crippen molar-refractivity contribution in [3.63, 3.8) is 0 Å². The molecule has 25 rings (SSSR count). The first-order valence-corrected chi connectivity index (χ1v) is 47.4. The minimum atomic E-state index is -0.382. The number of ether oxygens (including phenoxy) is 1. The van der Waals surface area contributed by atoms with E-state index >= 15 is 0 Å². The standard InChI is InChI=1S/C14H16O.C12H18O.2C11H16O.C10H14O3.C10H14O.C10H16O.C9H14O.C8H9NO.C8H12O/c15-14(11-4-2-1-3-5-11)13-9-10-6-7-12(13)8-10;13-11-3-1-2-6-12(11)8-9-4-5-10(12)7-9;12-10-2-1-5-11(10)7-8-3-4-9(11)6-8;12-10-3-1-2-9-7-4-5-8(6-7)11(9)10;11-3-4-13-10(12)9-6-7-1-2-8(9)5-7;11-9-4-3-8-6-1-2-7(5-6)10(8)9;11-5-1-2-9-6-8-3-4-10(9)7-8;10-4-3-9-6-7-1-2-8(9)5-7;1-9-7-5-2-3-6(4-5)8(7)10;1-5-6-2-3-7(4-6)8(5)9/h1-7,10,12-15H,8-9H2;4-5,9-11,13H,1-3,6-8H2;3-4,8-10,12H,1-2,5-7H2;4-5,7-12H,1-3,6H2;1-2,7-9,11H,3-6H2;1-2,6-11H,3-5H2;3-4,8-11H,1-2,5-7H2;1-2,7-10H,3-6H2;2-3,5-8,10H,4H2;2-3,5-9H,4H2,1H3. The molecular formula is C103H145NO12. The van der Waals surface area contributed by atoms with E-state index in [4.69, 9.17) is 26.6 Å². The maximum Gasteiger partial charge on any atom is 0.309 e. The van der Waals surface area contributed by atoms with Crippen LogP contribution in [0.3, 0.4) is 0 Å². The largest absolute Gasteiger partial charge is 0.463 e. The van der Waals surface area contributed by atoms with E-state index in [9.17, 15) is 40.5 Å². The fraction of sp³-hybridized carbons (Fsp3) is 0.728. The number of hydrogen-bond donors (Lipinski definition) is 10. The van der Waals surface area contributed by atoms with Crippen LogP contribution in [-0.4, -0.2) is 126 Å². The van der Waals surface area contributed by atoms with Gasteiger partial charge in [-0.2, -0.15) is 0 Å². The van der Waals surface area contributed by atoms with Crippen LogP contribution in [0.25, 0.3) is 4.85 Å². The molecule has 14 saturated carbocycles. The lowest BCUT2D eigenvalue weighted by atomic mass is 9.64. The first-order valence-electron chi connectivity index (χ1n) is 47.4. The lowest BCUT2D eigenvalue weighted by molar-refractivity contribution is -0.150. The second-order valence-electron chi connectivity index (χ2n) is 41.4. The van der Waals surface area contributed by atoms with E-state index in [1.807, 2.05) is 36.4 Å². The van der Waals surface area contributed by atoms with E-state index in [2.05, 4.69) is 127 Å². The van der Waals surface area contributed by atoms with Crippen molar-refractivity contribution in [2.75, 3.05) is 26.4 Å². The van der Waals surface area contributed by atoms with Crippen molar-refractivity contribution in [3.05, 3.63) is 169 Å². The van der Waals surface area contributed by atoms with Crippen LogP contribution in [0.2, 0.25) is 0 Å². The summed E-state index contributed by atoms with van der Waals surface area (Å²) in [4.78, 5) is 14.8. The average Bonchev–Trinajstić information content (AvgIpc) is 1.59. The summed E-state index contributed by atoms with van der Waals surface area (Å²) in [7, 11) is 0. The van der Waals surface area contributed by atoms with Crippen molar-refractivity contribution in [2.45, 2.75) is 255 Å². The van der Waals surface area contributed by atoms with Crippen LogP contribution in [0.5, 0.6) is 0 Å². The number of rotatable bonds is 10. The van der Waals surface area contributed by atoms with Gasteiger partial charge in [0.05, 0.1) is 55.1 Å². The molecule has 0 aliphatic heterocycles. The van der Waals surface area contributed by atoms with Crippen LogP contribution >= 0.6 is 0 Å². The first kappa shape index (κ1) is 84.8. The van der Waals surface area contributed by atoms with Crippen LogP contribution < -0.4 is 0 Å². The molecule has 1 aromatic rings. The summed E-state index contributed by atoms with van der Waals surface area (Å²) < 4.78 is 4.90. The van der Waals surface area contributed by atoms with E-state index in [0.29, 0.717) is 89.1 Å². The van der Waals surface area contributed by atoms with Gasteiger partial charge in [0, 0.05) is 35.9 Å². The van der Waals surface area contributed by atoms with Gasteiger partial charge in [0.2, 0.25) is 0 Å². The molecule has 116 heavy (non-hydrogen) atoms. The molecule has 0 radical (unpaired) electrons. The van der Waals surface area contributed by atoms with E-state index in [1.54, 1.807) is 0 Å². The van der Waals surface area contributed by atoms with Gasteiger partial charge in [-0.25, -0.2) is 6.57 Å². The molecule has 39 unspecified atom stereocenters. The van der Waals surface area contributed by atoms with Crippen LogP contribution in [-0.2, 0) is 9.53 Å². The highest BCUT2D eigenvalue weighted by molar-refractivity contribution is 5.74. The SMILES string of the molecule is CC1C2C=CC(C2)C1O.O=C(OCCO)C1CC2C=CC1C2.OC(c1ccccc1)C1CC2C=CC1C2.OC1CCC2C3C=CC(C3)C12.OC1CCCC12CC1C=CC2C1.OC1CCCC2C3C=CC(C3)C12.OC1CCCCC12CC1C=CC2C1.OCCC1CC2C=CC1C2.OCCCC1CC2C=CC1C2.[C-]#[N+]C1C2C=CC(C2)C1O. The van der Waals surface area contributed by atoms with Crippen LogP contribution in [0.15, 0.2) is 152 Å². The lowest BCUT2D eigenvalue weighted by Crippen LogP contribution is -2.41. The van der Waals surface area contributed by atoms with Gasteiger partial charge in [0.15, 0.2) is 0 Å². The molecule has 24 aliphatic rings. The molecule has 20 bridgehead atoms. The topological polar surface area (TPSA) is 233 Å². The van der Waals surface area contributed by atoms with Crippen LogP contribution in [0.4, 0.5) is 0 Å². The maximum absolute atomic E-state index is 11.4. The van der Waals surface area contributed by atoms with Gasteiger partial charge in [-0.05, 0) is 327 Å². The Hall–Kier alpha value is -4.82. The third-order valence-corrected chi connectivity index (χ3v) is 35.2. The normalized spacial score (nSPS) is 47.6. The molecule has 0 aromatic heterocycles. The van der Waals surface area contributed by atoms with Crippen molar-refractivity contribution >= 4 is 5.97 Å². The molecule has 39 atom stereocenters. The third-order valence-electron chi connectivity index (χ3n) is 35.2. The Bertz CT molecular complexity index is 3760. The van der Waals surface area contributed by atoms with Crippen molar-refractivity contribution in [3.8, 4) is 0 Å². The number of esters is 1. The number of carbonyl (C=O) groups is 1. The van der Waals surface area contributed by atoms with Gasteiger partial charge >= 0.3 is 5.97 Å². The Morgan fingerprint density at radius 2 is 0.940 bits per heavy atom. The summed E-state index contributed by atoms with van der Waals surface area (Å²) >= 11 is 0. The Kier molecular flexibility index (Phi) is 27.7. The highest BCUT2D eigenvalue weighted by Crippen LogP contribution is 2.62. The zero-order valence-electron chi connectivity index (χ0n) is 69.8. The Morgan fingerprint density at radius 3 is 1.37 bits per heavy atom. The molecule has 0 heterocycles. The van der Waals surface area contributed by atoms with Gasteiger partial charge in [-0.3, -0.25) is 4.79 Å². The first-order chi connectivity index (χ1) is 56.4. The Balaban J connectivity index is 0.0000000970. The fourth-order valence-corrected chi connectivity index (χ4v) is 29.2. The number of benzene rings is 1. The van der Waals surface area contributed by atoms with Gasteiger partial charge in [0.1, 0.15) is 12.7 Å². The third kappa shape index (κ3) is 18.0. The second kappa shape index (κ2) is 37.9. The van der Waals surface area contributed by atoms with Gasteiger partial charge < -0.3 is 60.6 Å². The molecule has 634 valence electrons. The highest BCUT2D eigenvalue weighted by Gasteiger charge is 2.57. The number of aliphatic hydroxyl groups excluding tert-OH is 10. The van der Waals surface area contributed by atoms with Crippen molar-refractivity contribution in [1.82, 2.24) is 0 Å². The van der Waals surface area contributed by atoms with Gasteiger partial charge in [-0.15, -0.1) is 0 Å². The smallest absolute Gasteiger partial charge is 0.309 e. The molecule has 0 saturated heterocycles. The lowest BCUT2D eigenvalue weighted by Gasteiger charge is -2.43. The molecule has 24 aliphatic carbocycles. The highest BCUT2D eigenvalue weighted by atomic mass is 16.5. The number of carbonyl (C=O) groups excluding carboxylic acids is 1.